The van der Waals surface area contributed by atoms with Gasteiger partial charge in [0, 0.05) is 31.4 Å². The number of halogens is 3. The number of nitrogens with one attached hydrogen (secondary N) is 1. The number of aliphatic carboxylic acids is 1. The Hall–Kier alpha value is -1.60. The average Bonchev–Trinajstić information content (AvgIpc) is 3.16. The third kappa shape index (κ3) is 8.81. The molecule has 15 heteroatoms. The van der Waals surface area contributed by atoms with Gasteiger partial charge < -0.3 is 10.0 Å². The standard InChI is InChI=1S/C14H25N5O3S2.C2HF3O2/c1-3-16-19(9-14(20)18-11-23-10-13(18)8-15)12-4-6-17(7-5-12)24(2,21)22;3-2(4,5)1(6)7/h12-13,16H,3-7,9-11H2,1-2H3;(H,6,7). The number of hydrogen-bond donors (Lipinski definition) is 2. The Morgan fingerprint density at radius 3 is 2.29 bits per heavy atom. The smallest absolute Gasteiger partial charge is 0.475 e. The molecule has 0 aromatic carbocycles. The molecule has 0 saturated carbocycles. The van der Waals surface area contributed by atoms with Crippen molar-refractivity contribution in [1.29, 1.82) is 5.26 Å². The zero-order valence-electron chi connectivity index (χ0n) is 17.1. The van der Waals surface area contributed by atoms with Gasteiger partial charge in [0.15, 0.2) is 0 Å². The molecule has 2 rings (SSSR count). The number of carbonyl (C=O) groups excluding carboxylic acids is 1. The number of thioether (sulfide) groups is 1. The fourth-order valence-electron chi connectivity index (χ4n) is 3.03. The summed E-state index contributed by atoms with van der Waals surface area (Å²) in [6.45, 7) is 3.80. The molecule has 2 saturated heterocycles. The predicted octanol–water partition coefficient (Wildman–Crippen LogP) is 0.295. The number of sulfonamides is 1. The summed E-state index contributed by atoms with van der Waals surface area (Å²) in [4.78, 5) is 23.1. The number of carbonyl (C=O) groups is 2. The van der Waals surface area contributed by atoms with E-state index in [0.717, 1.165) is 0 Å². The third-order valence-corrected chi connectivity index (χ3v) is 6.91. The Morgan fingerprint density at radius 2 is 1.87 bits per heavy atom. The van der Waals surface area contributed by atoms with E-state index >= 15 is 0 Å². The topological polar surface area (TPSA) is 134 Å². The second-order valence-corrected chi connectivity index (χ2v) is 9.83. The zero-order chi connectivity index (χ0) is 23.8. The number of amides is 1. The fourth-order valence-corrected chi connectivity index (χ4v) is 5.01. The number of rotatable bonds is 6. The number of hydrazine groups is 1. The van der Waals surface area contributed by atoms with Crippen LogP contribution in [0.25, 0.3) is 0 Å². The van der Waals surface area contributed by atoms with E-state index in [1.807, 2.05) is 11.9 Å². The van der Waals surface area contributed by atoms with Crippen molar-refractivity contribution in [3.63, 3.8) is 0 Å². The molecule has 178 valence electrons. The second kappa shape index (κ2) is 11.9. The van der Waals surface area contributed by atoms with Crippen molar-refractivity contribution < 1.29 is 36.3 Å². The van der Waals surface area contributed by atoms with E-state index in [0.29, 0.717) is 44.1 Å². The van der Waals surface area contributed by atoms with Gasteiger partial charge in [0.2, 0.25) is 15.9 Å². The van der Waals surface area contributed by atoms with Gasteiger partial charge in [-0.2, -0.15) is 18.4 Å². The van der Waals surface area contributed by atoms with Crippen LogP contribution in [-0.4, -0.2) is 102 Å². The summed E-state index contributed by atoms with van der Waals surface area (Å²) in [6.07, 6.45) is -2.49. The van der Waals surface area contributed by atoms with Gasteiger partial charge in [-0.05, 0) is 12.8 Å². The summed E-state index contributed by atoms with van der Waals surface area (Å²) in [5.41, 5.74) is 3.22. The number of hydrogen-bond acceptors (Lipinski definition) is 8. The normalized spacial score (nSPS) is 20.8. The van der Waals surface area contributed by atoms with Gasteiger partial charge in [-0.3, -0.25) is 10.2 Å². The number of nitrogens with zero attached hydrogens (tertiary/aromatic N) is 4. The lowest BCUT2D eigenvalue weighted by Gasteiger charge is -2.38. The van der Waals surface area contributed by atoms with Crippen LogP contribution in [0, 0.1) is 11.3 Å². The highest BCUT2D eigenvalue weighted by Gasteiger charge is 2.38. The summed E-state index contributed by atoms with van der Waals surface area (Å²) in [6, 6.07) is 1.94. The van der Waals surface area contributed by atoms with Crippen molar-refractivity contribution in [2.24, 2.45) is 0 Å². The van der Waals surface area contributed by atoms with Gasteiger partial charge in [0.05, 0.1) is 24.7 Å². The van der Waals surface area contributed by atoms with Crippen LogP contribution in [0.1, 0.15) is 19.8 Å². The maximum atomic E-state index is 12.5. The van der Waals surface area contributed by atoms with E-state index < -0.39 is 22.2 Å². The number of alkyl halides is 3. The van der Waals surface area contributed by atoms with Gasteiger partial charge in [-0.15, -0.1) is 11.8 Å². The highest BCUT2D eigenvalue weighted by molar-refractivity contribution is 7.99. The fraction of sp³-hybridized carbons (Fsp3) is 0.812. The molecule has 0 aromatic rings. The van der Waals surface area contributed by atoms with E-state index in [1.54, 1.807) is 16.7 Å². The van der Waals surface area contributed by atoms with Gasteiger partial charge in [-0.25, -0.2) is 22.5 Å². The molecule has 2 N–H and O–H groups in total. The van der Waals surface area contributed by atoms with Crippen LogP contribution in [0.3, 0.4) is 0 Å². The number of piperidine rings is 1. The Balaban J connectivity index is 0.000000592. The number of carboxylic acid groups (broad SMARTS) is 1. The van der Waals surface area contributed by atoms with Crippen molar-refractivity contribution >= 4 is 33.7 Å². The largest absolute Gasteiger partial charge is 0.490 e. The molecule has 2 heterocycles. The maximum Gasteiger partial charge on any atom is 0.490 e. The number of nitriles is 1. The van der Waals surface area contributed by atoms with Gasteiger partial charge in [-0.1, -0.05) is 6.92 Å². The molecule has 0 radical (unpaired) electrons. The minimum atomic E-state index is -5.08. The van der Waals surface area contributed by atoms with E-state index in [9.17, 15) is 26.4 Å². The lowest BCUT2D eigenvalue weighted by molar-refractivity contribution is -0.192. The summed E-state index contributed by atoms with van der Waals surface area (Å²) in [5.74, 6) is -1.59. The molecule has 0 spiro atoms. The SMILES string of the molecule is CCNN(CC(=O)N1CSCC1C#N)C1CCN(S(C)(=O)=O)CC1.O=C(O)C(F)(F)F. The van der Waals surface area contributed by atoms with Crippen molar-refractivity contribution in [2.75, 3.05) is 44.1 Å². The van der Waals surface area contributed by atoms with Crippen LogP contribution in [0.4, 0.5) is 13.2 Å². The van der Waals surface area contributed by atoms with E-state index in [2.05, 4.69) is 11.5 Å². The first-order chi connectivity index (χ1) is 14.3. The zero-order valence-corrected chi connectivity index (χ0v) is 18.8. The molecule has 0 bridgehead atoms. The quantitative estimate of drug-likeness (QED) is 0.505. The van der Waals surface area contributed by atoms with Crippen LogP contribution in [-0.2, 0) is 19.6 Å². The highest BCUT2D eigenvalue weighted by Crippen LogP contribution is 2.22. The summed E-state index contributed by atoms with van der Waals surface area (Å²) < 4.78 is 56.4. The summed E-state index contributed by atoms with van der Waals surface area (Å²) >= 11 is 1.59. The Kier molecular flexibility index (Phi) is 10.5. The average molecular weight is 490 g/mol. The maximum absolute atomic E-state index is 12.5. The first-order valence-electron chi connectivity index (χ1n) is 9.33. The van der Waals surface area contributed by atoms with Crippen molar-refractivity contribution in [3.8, 4) is 6.07 Å². The van der Waals surface area contributed by atoms with Crippen LogP contribution < -0.4 is 5.43 Å². The molecule has 2 aliphatic heterocycles. The lowest BCUT2D eigenvalue weighted by Crippen LogP contribution is -2.55. The molecule has 10 nitrogen and oxygen atoms in total. The first-order valence-corrected chi connectivity index (χ1v) is 12.3. The van der Waals surface area contributed by atoms with Crippen LogP contribution in [0.15, 0.2) is 0 Å². The third-order valence-electron chi connectivity index (χ3n) is 4.59. The minimum absolute atomic E-state index is 0.0574. The molecule has 1 amide bonds. The van der Waals surface area contributed by atoms with E-state index in [4.69, 9.17) is 15.2 Å². The highest BCUT2D eigenvalue weighted by atomic mass is 32.2. The molecule has 31 heavy (non-hydrogen) atoms. The molecule has 1 atom stereocenters. The lowest BCUT2D eigenvalue weighted by atomic mass is 10.1. The number of carboxylic acids is 1. The summed E-state index contributed by atoms with van der Waals surface area (Å²) in [5, 5.41) is 18.2. The molecule has 0 aliphatic carbocycles. The second-order valence-electron chi connectivity index (χ2n) is 6.84. The van der Waals surface area contributed by atoms with Gasteiger partial charge >= 0.3 is 12.1 Å². The molecular formula is C16H26F3N5O5S2. The predicted molar refractivity (Wildman–Crippen MR) is 107 cm³/mol. The molecule has 2 aliphatic rings. The Bertz CT molecular complexity index is 767. The van der Waals surface area contributed by atoms with Crippen molar-refractivity contribution in [1.82, 2.24) is 19.6 Å². The molecule has 2 fully saturated rings. The Labute approximate surface area is 183 Å². The minimum Gasteiger partial charge on any atom is -0.475 e. The van der Waals surface area contributed by atoms with Crippen LogP contribution >= 0.6 is 11.8 Å². The van der Waals surface area contributed by atoms with Crippen LogP contribution in [0.5, 0.6) is 0 Å². The van der Waals surface area contributed by atoms with Crippen LogP contribution in [0.2, 0.25) is 0 Å². The monoisotopic (exact) mass is 489 g/mol. The Morgan fingerprint density at radius 1 is 1.32 bits per heavy atom. The first kappa shape index (κ1) is 27.4. The van der Waals surface area contributed by atoms with Crippen molar-refractivity contribution in [2.45, 2.75) is 38.0 Å². The van der Waals surface area contributed by atoms with E-state index in [1.165, 1.54) is 10.6 Å². The van der Waals surface area contributed by atoms with Crippen molar-refractivity contribution in [3.05, 3.63) is 0 Å². The van der Waals surface area contributed by atoms with Gasteiger partial charge in [0.25, 0.3) is 0 Å². The molecular weight excluding hydrogens is 463 g/mol. The molecule has 0 aromatic heterocycles. The van der Waals surface area contributed by atoms with E-state index in [-0.39, 0.29) is 24.5 Å². The summed E-state index contributed by atoms with van der Waals surface area (Å²) in [7, 11) is -3.15. The van der Waals surface area contributed by atoms with Gasteiger partial charge in [0.1, 0.15) is 6.04 Å². The molecule has 1 unspecified atom stereocenters.